The highest BCUT2D eigenvalue weighted by atomic mass is 79.9. The van der Waals surface area contributed by atoms with Crippen LogP contribution in [0.15, 0.2) is 29.0 Å². The Morgan fingerprint density at radius 2 is 2.24 bits per heavy atom. The molecular weight excluding hydrogens is 334 g/mol. The van der Waals surface area contributed by atoms with Gasteiger partial charge >= 0.3 is 0 Å². The van der Waals surface area contributed by atoms with Crippen LogP contribution in [0, 0.1) is 11.3 Å². The smallest absolute Gasteiger partial charge is 0.242 e. The number of benzene rings is 1. The summed E-state index contributed by atoms with van der Waals surface area (Å²) in [5.41, 5.74) is 7.41. The van der Waals surface area contributed by atoms with Crippen LogP contribution in [0.5, 0.6) is 5.88 Å². The molecule has 0 fully saturated rings. The number of halogens is 1. The van der Waals surface area contributed by atoms with Gasteiger partial charge in [-0.15, -0.1) is 0 Å². The monoisotopic (exact) mass is 347 g/mol. The van der Waals surface area contributed by atoms with Crippen molar-refractivity contribution >= 4 is 33.1 Å². The summed E-state index contributed by atoms with van der Waals surface area (Å²) in [6.45, 7) is 2.53. The molecule has 21 heavy (non-hydrogen) atoms. The van der Waals surface area contributed by atoms with Crippen molar-refractivity contribution < 1.29 is 4.74 Å². The lowest BCUT2D eigenvalue weighted by Gasteiger charge is -2.12. The zero-order chi connectivity index (χ0) is 15.2. The molecule has 3 N–H and O–H groups in total. The topological polar surface area (TPSA) is 96.9 Å². The zero-order valence-electron chi connectivity index (χ0n) is 11.4. The number of hydrogen-bond donors (Lipinski definition) is 2. The van der Waals surface area contributed by atoms with E-state index in [1.54, 1.807) is 12.1 Å². The quantitative estimate of drug-likeness (QED) is 0.861. The Morgan fingerprint density at radius 3 is 2.95 bits per heavy atom. The molecule has 0 atom stereocenters. The molecule has 0 aliphatic carbocycles. The Morgan fingerprint density at radius 1 is 1.43 bits per heavy atom. The van der Waals surface area contributed by atoms with Gasteiger partial charge in [-0.25, -0.2) is 4.98 Å². The molecule has 0 spiro atoms. The Hall–Kier alpha value is -2.33. The highest BCUT2D eigenvalue weighted by Gasteiger charge is 2.11. The number of rotatable bonds is 5. The normalized spacial score (nSPS) is 9.95. The molecule has 1 aromatic heterocycles. The number of nitrogens with two attached hydrogens (primary N) is 1. The fraction of sp³-hybridized carbons (Fsp3) is 0.214. The first-order valence-electron chi connectivity index (χ1n) is 6.35. The minimum Gasteiger partial charge on any atom is -0.476 e. The molecule has 0 amide bonds. The first kappa shape index (κ1) is 15.1. The number of nitrogen functional groups attached to an aromatic ring is 1. The van der Waals surface area contributed by atoms with E-state index in [0.717, 1.165) is 10.9 Å². The maximum Gasteiger partial charge on any atom is 0.242 e. The largest absolute Gasteiger partial charge is 0.476 e. The summed E-state index contributed by atoms with van der Waals surface area (Å²) in [6.07, 6.45) is 2.23. The van der Waals surface area contributed by atoms with Crippen LogP contribution in [0.1, 0.15) is 18.9 Å². The molecule has 1 heterocycles. The first-order valence-corrected chi connectivity index (χ1v) is 7.15. The van der Waals surface area contributed by atoms with Gasteiger partial charge in [-0.2, -0.15) is 10.2 Å². The van der Waals surface area contributed by atoms with Crippen LogP contribution in [0.2, 0.25) is 0 Å². The minimum atomic E-state index is 0.317. The average Bonchev–Trinajstić information content (AvgIpc) is 2.49. The summed E-state index contributed by atoms with van der Waals surface area (Å²) in [5, 5.41) is 12.2. The highest BCUT2D eigenvalue weighted by molar-refractivity contribution is 9.10. The summed E-state index contributed by atoms with van der Waals surface area (Å²) < 4.78 is 6.28. The molecule has 1 aromatic carbocycles. The summed E-state index contributed by atoms with van der Waals surface area (Å²) in [4.78, 5) is 8.10. The van der Waals surface area contributed by atoms with E-state index >= 15 is 0 Å². The van der Waals surface area contributed by atoms with Crippen molar-refractivity contribution in [3.8, 4) is 11.9 Å². The van der Waals surface area contributed by atoms with Gasteiger partial charge in [0.15, 0.2) is 5.82 Å². The van der Waals surface area contributed by atoms with Crippen molar-refractivity contribution in [3.05, 3.63) is 34.6 Å². The van der Waals surface area contributed by atoms with E-state index < -0.39 is 0 Å². The third-order valence-corrected chi connectivity index (χ3v) is 3.14. The molecule has 0 saturated heterocycles. The maximum atomic E-state index is 9.16. The van der Waals surface area contributed by atoms with Crippen LogP contribution in [0.3, 0.4) is 0 Å². The molecule has 0 aliphatic heterocycles. The first-order chi connectivity index (χ1) is 10.2. The van der Waals surface area contributed by atoms with Crippen molar-refractivity contribution in [2.45, 2.75) is 13.3 Å². The van der Waals surface area contributed by atoms with Gasteiger partial charge in [0.25, 0.3) is 0 Å². The molecule has 2 rings (SSSR count). The van der Waals surface area contributed by atoms with Crippen LogP contribution in [0.4, 0.5) is 17.2 Å². The lowest BCUT2D eigenvalue weighted by molar-refractivity contribution is 0.307. The highest BCUT2D eigenvalue weighted by Crippen LogP contribution is 2.29. The predicted octanol–water partition coefficient (Wildman–Crippen LogP) is 3.23. The van der Waals surface area contributed by atoms with E-state index in [2.05, 4.69) is 37.3 Å². The summed E-state index contributed by atoms with van der Waals surface area (Å²) in [6, 6.07) is 7.44. The van der Waals surface area contributed by atoms with E-state index in [1.165, 1.54) is 6.33 Å². The van der Waals surface area contributed by atoms with E-state index in [4.69, 9.17) is 15.7 Å². The third-order valence-electron chi connectivity index (χ3n) is 2.65. The van der Waals surface area contributed by atoms with Gasteiger partial charge in [-0.1, -0.05) is 22.9 Å². The summed E-state index contributed by atoms with van der Waals surface area (Å²) in [5.74, 6) is 0.750. The molecule has 0 radical (unpaired) electrons. The third kappa shape index (κ3) is 3.61. The number of nitriles is 1. The zero-order valence-corrected chi connectivity index (χ0v) is 13.0. The Kier molecular flexibility index (Phi) is 4.95. The van der Waals surface area contributed by atoms with Gasteiger partial charge in [0.1, 0.15) is 18.1 Å². The van der Waals surface area contributed by atoms with Gasteiger partial charge in [0, 0.05) is 4.47 Å². The summed E-state index contributed by atoms with van der Waals surface area (Å²) in [7, 11) is 0. The number of hydrogen-bond acceptors (Lipinski definition) is 6. The molecule has 7 heteroatoms. The van der Waals surface area contributed by atoms with Crippen LogP contribution >= 0.6 is 15.9 Å². The Bertz CT molecular complexity index is 684. The fourth-order valence-corrected chi connectivity index (χ4v) is 2.00. The summed E-state index contributed by atoms with van der Waals surface area (Å²) >= 11 is 3.33. The van der Waals surface area contributed by atoms with Gasteiger partial charge in [0.2, 0.25) is 5.88 Å². The molecule has 6 nitrogen and oxygen atoms in total. The molecule has 0 unspecified atom stereocenters. The second-order valence-corrected chi connectivity index (χ2v) is 5.13. The lowest BCUT2D eigenvalue weighted by atomic mass is 10.2. The van der Waals surface area contributed by atoms with Crippen molar-refractivity contribution in [3.63, 3.8) is 0 Å². The van der Waals surface area contributed by atoms with Gasteiger partial charge in [-0.3, -0.25) is 0 Å². The van der Waals surface area contributed by atoms with Crippen LogP contribution in [-0.2, 0) is 0 Å². The SMILES string of the molecule is CCCOc1ncnc(Nc2ccc(Br)cc2C#N)c1N. The van der Waals surface area contributed by atoms with E-state index in [9.17, 15) is 0 Å². The van der Waals surface area contributed by atoms with Gasteiger partial charge in [0.05, 0.1) is 17.9 Å². The van der Waals surface area contributed by atoms with Crippen molar-refractivity contribution in [2.75, 3.05) is 17.7 Å². The predicted molar refractivity (Wildman–Crippen MR) is 84.4 cm³/mol. The number of aromatic nitrogens is 2. The number of nitrogens with one attached hydrogen (secondary N) is 1. The molecule has 0 aliphatic rings. The van der Waals surface area contributed by atoms with Crippen LogP contribution < -0.4 is 15.8 Å². The fourth-order valence-electron chi connectivity index (χ4n) is 1.64. The standard InChI is InChI=1S/C14H14BrN5O/c1-2-5-21-14-12(17)13(18-8-19-14)20-11-4-3-10(15)6-9(11)7-16/h3-4,6,8H,2,5,17H2,1H3,(H,18,19,20). The molecular formula is C14H14BrN5O. The van der Waals surface area contributed by atoms with E-state index in [-0.39, 0.29) is 0 Å². The second-order valence-electron chi connectivity index (χ2n) is 4.22. The Labute approximate surface area is 131 Å². The van der Waals surface area contributed by atoms with E-state index in [1.807, 2.05) is 13.0 Å². The molecule has 0 saturated carbocycles. The number of anilines is 3. The molecule has 2 aromatic rings. The van der Waals surface area contributed by atoms with Gasteiger partial charge in [-0.05, 0) is 24.6 Å². The van der Waals surface area contributed by atoms with Crippen LogP contribution in [0.25, 0.3) is 0 Å². The van der Waals surface area contributed by atoms with Crippen molar-refractivity contribution in [1.29, 1.82) is 5.26 Å². The van der Waals surface area contributed by atoms with Crippen molar-refractivity contribution in [1.82, 2.24) is 9.97 Å². The van der Waals surface area contributed by atoms with Gasteiger partial charge < -0.3 is 15.8 Å². The maximum absolute atomic E-state index is 9.16. The number of ether oxygens (including phenoxy) is 1. The minimum absolute atomic E-state index is 0.317. The van der Waals surface area contributed by atoms with E-state index in [0.29, 0.717) is 35.2 Å². The lowest BCUT2D eigenvalue weighted by Crippen LogP contribution is -2.06. The molecule has 0 bridgehead atoms. The number of nitrogens with zero attached hydrogens (tertiary/aromatic N) is 3. The van der Waals surface area contributed by atoms with Crippen LogP contribution in [-0.4, -0.2) is 16.6 Å². The Balaban J connectivity index is 2.30. The average molecular weight is 348 g/mol. The van der Waals surface area contributed by atoms with Crippen molar-refractivity contribution in [2.24, 2.45) is 0 Å². The second kappa shape index (κ2) is 6.90. The molecule has 108 valence electrons.